The van der Waals surface area contributed by atoms with E-state index in [2.05, 4.69) is 24.3 Å². The van der Waals surface area contributed by atoms with Crippen LogP contribution in [0.3, 0.4) is 0 Å². The lowest BCUT2D eigenvalue weighted by Crippen LogP contribution is -2.31. The Kier molecular flexibility index (Phi) is 5.24. The van der Waals surface area contributed by atoms with Crippen LogP contribution in [0.4, 0.5) is 0 Å². The van der Waals surface area contributed by atoms with Crippen LogP contribution in [0.25, 0.3) is 0 Å². The normalized spacial score (nSPS) is 12.4. The van der Waals surface area contributed by atoms with Crippen molar-refractivity contribution in [3.8, 4) is 5.75 Å². The van der Waals surface area contributed by atoms with Crippen molar-refractivity contribution in [2.24, 2.45) is 0 Å². The van der Waals surface area contributed by atoms with Crippen molar-refractivity contribution in [3.63, 3.8) is 0 Å². The number of rotatable bonds is 7. The van der Waals surface area contributed by atoms with E-state index in [1.54, 1.807) is 12.5 Å². The van der Waals surface area contributed by atoms with E-state index in [4.69, 9.17) is 9.15 Å². The molecule has 27 heavy (non-hydrogen) atoms. The van der Waals surface area contributed by atoms with E-state index in [0.29, 0.717) is 19.7 Å². The summed E-state index contributed by atoms with van der Waals surface area (Å²) in [5, 5.41) is 0. The van der Waals surface area contributed by atoms with Crippen LogP contribution < -0.4 is 4.74 Å². The van der Waals surface area contributed by atoms with Gasteiger partial charge in [0.2, 0.25) is 0 Å². The van der Waals surface area contributed by atoms with E-state index in [1.807, 2.05) is 35.2 Å². The molecule has 1 amide bonds. The lowest BCUT2D eigenvalue weighted by molar-refractivity contribution is 0.0741. The number of carbonyl (C=O) groups excluding carboxylic acids is 1. The minimum atomic E-state index is 0.0546. The van der Waals surface area contributed by atoms with Crippen molar-refractivity contribution in [3.05, 3.63) is 89.4 Å². The first kappa shape index (κ1) is 17.4. The average Bonchev–Trinajstić information content (AvgIpc) is 3.38. The maximum Gasteiger partial charge on any atom is 0.254 e. The average molecular weight is 361 g/mol. The Labute approximate surface area is 159 Å². The van der Waals surface area contributed by atoms with Gasteiger partial charge in [0.15, 0.2) is 0 Å². The molecule has 4 nitrogen and oxygen atoms in total. The van der Waals surface area contributed by atoms with Crippen LogP contribution in [-0.2, 0) is 19.4 Å². The Morgan fingerprint density at radius 3 is 2.74 bits per heavy atom. The zero-order valence-corrected chi connectivity index (χ0v) is 15.3. The first-order chi connectivity index (χ1) is 13.3. The number of amides is 1. The highest BCUT2D eigenvalue weighted by Crippen LogP contribution is 2.26. The fourth-order valence-electron chi connectivity index (χ4n) is 3.48. The molecule has 1 aromatic heterocycles. The fraction of sp³-hybridized carbons (Fsp3) is 0.261. The third-order valence-electron chi connectivity index (χ3n) is 4.91. The molecule has 3 aromatic rings. The summed E-state index contributed by atoms with van der Waals surface area (Å²) in [4.78, 5) is 15.1. The Bertz CT molecular complexity index is 887. The number of benzene rings is 2. The Hall–Kier alpha value is -3.01. The number of aryl methyl sites for hydroxylation is 1. The summed E-state index contributed by atoms with van der Waals surface area (Å²) in [6.07, 6.45) is 6.09. The predicted octanol–water partition coefficient (Wildman–Crippen LogP) is 4.49. The van der Waals surface area contributed by atoms with Crippen LogP contribution >= 0.6 is 0 Å². The van der Waals surface area contributed by atoms with Crippen molar-refractivity contribution < 1.29 is 13.9 Å². The molecule has 0 saturated carbocycles. The van der Waals surface area contributed by atoms with Crippen molar-refractivity contribution in [2.75, 3.05) is 13.2 Å². The first-order valence-electron chi connectivity index (χ1n) is 9.39. The summed E-state index contributed by atoms with van der Waals surface area (Å²) in [5.41, 5.74) is 4.14. The Morgan fingerprint density at radius 1 is 1.04 bits per heavy atom. The highest BCUT2D eigenvalue weighted by atomic mass is 16.5. The van der Waals surface area contributed by atoms with Crippen LogP contribution in [0.15, 0.2) is 71.5 Å². The molecular formula is C23H23NO3. The van der Waals surface area contributed by atoms with Crippen LogP contribution in [-0.4, -0.2) is 24.0 Å². The molecule has 0 fully saturated rings. The molecule has 0 N–H and O–H groups in total. The van der Waals surface area contributed by atoms with Gasteiger partial charge in [-0.05, 0) is 48.2 Å². The molecule has 4 heteroatoms. The van der Waals surface area contributed by atoms with Crippen LogP contribution in [0.2, 0.25) is 0 Å². The number of nitrogens with zero attached hydrogens (tertiary/aromatic N) is 1. The number of ether oxygens (including phenoxy) is 1. The van der Waals surface area contributed by atoms with Gasteiger partial charge in [0.1, 0.15) is 5.75 Å². The van der Waals surface area contributed by atoms with Gasteiger partial charge in [0, 0.05) is 30.6 Å². The molecule has 0 atom stereocenters. The molecule has 0 unspecified atom stereocenters. The van der Waals surface area contributed by atoms with Gasteiger partial charge in [-0.25, -0.2) is 0 Å². The van der Waals surface area contributed by atoms with E-state index < -0.39 is 0 Å². The first-order valence-corrected chi connectivity index (χ1v) is 9.39. The van der Waals surface area contributed by atoms with Crippen molar-refractivity contribution in [1.82, 2.24) is 4.90 Å². The second-order valence-corrected chi connectivity index (χ2v) is 6.87. The van der Waals surface area contributed by atoms with Crippen LogP contribution in [0.1, 0.15) is 33.5 Å². The number of hydrogen-bond donors (Lipinski definition) is 0. The Morgan fingerprint density at radius 2 is 1.93 bits per heavy atom. The minimum absolute atomic E-state index is 0.0546. The molecule has 0 saturated heterocycles. The zero-order chi connectivity index (χ0) is 18.5. The van der Waals surface area contributed by atoms with Gasteiger partial charge >= 0.3 is 0 Å². The summed E-state index contributed by atoms with van der Waals surface area (Å²) >= 11 is 0. The van der Waals surface area contributed by atoms with E-state index in [9.17, 15) is 4.79 Å². The molecule has 138 valence electrons. The second kappa shape index (κ2) is 8.12. The predicted molar refractivity (Wildman–Crippen MR) is 104 cm³/mol. The molecule has 1 aliphatic rings. The van der Waals surface area contributed by atoms with Gasteiger partial charge in [-0.2, -0.15) is 0 Å². The van der Waals surface area contributed by atoms with Gasteiger partial charge in [0.25, 0.3) is 5.91 Å². The lowest BCUT2D eigenvalue weighted by Gasteiger charge is -2.22. The highest BCUT2D eigenvalue weighted by Gasteiger charge is 2.20. The zero-order valence-electron chi connectivity index (χ0n) is 15.3. The fourth-order valence-corrected chi connectivity index (χ4v) is 3.48. The Balaban J connectivity index is 1.47. The number of hydrogen-bond acceptors (Lipinski definition) is 3. The quantitative estimate of drug-likeness (QED) is 0.623. The van der Waals surface area contributed by atoms with Crippen LogP contribution in [0.5, 0.6) is 5.75 Å². The maximum atomic E-state index is 13.2. The number of fused-ring (bicyclic) bond motifs is 1. The summed E-state index contributed by atoms with van der Waals surface area (Å²) in [6.45, 7) is 1.95. The van der Waals surface area contributed by atoms with Gasteiger partial charge in [-0.1, -0.05) is 30.3 Å². The maximum absolute atomic E-state index is 13.2. The molecule has 0 bridgehead atoms. The largest absolute Gasteiger partial charge is 0.493 e. The minimum Gasteiger partial charge on any atom is -0.493 e. The van der Waals surface area contributed by atoms with E-state index in [0.717, 1.165) is 41.7 Å². The summed E-state index contributed by atoms with van der Waals surface area (Å²) in [5.74, 6) is 0.955. The third-order valence-corrected chi connectivity index (χ3v) is 4.91. The highest BCUT2D eigenvalue weighted by molar-refractivity contribution is 5.94. The number of carbonyl (C=O) groups is 1. The van der Waals surface area contributed by atoms with E-state index in [1.165, 1.54) is 5.56 Å². The summed E-state index contributed by atoms with van der Waals surface area (Å²) < 4.78 is 10.7. The lowest BCUT2D eigenvalue weighted by atomic mass is 10.1. The SMILES string of the molecule is O=C(c1ccc2c(c1)CCO2)N(CCCc1ccccc1)Cc1ccoc1. The van der Waals surface area contributed by atoms with E-state index in [-0.39, 0.29) is 5.91 Å². The molecule has 0 aliphatic carbocycles. The standard InChI is InChI=1S/C23H23NO3/c25-23(21-8-9-22-20(15-21)11-14-27-22)24(16-19-10-13-26-17-19)12-4-7-18-5-2-1-3-6-18/h1-3,5-6,8-10,13,15,17H,4,7,11-12,14,16H2. The molecule has 0 spiro atoms. The third kappa shape index (κ3) is 4.22. The molecular weight excluding hydrogens is 338 g/mol. The van der Waals surface area contributed by atoms with Crippen molar-refractivity contribution in [2.45, 2.75) is 25.8 Å². The monoisotopic (exact) mass is 361 g/mol. The van der Waals surface area contributed by atoms with Gasteiger partial charge in [0.05, 0.1) is 19.1 Å². The smallest absolute Gasteiger partial charge is 0.254 e. The molecule has 0 radical (unpaired) electrons. The van der Waals surface area contributed by atoms with Crippen molar-refractivity contribution in [1.29, 1.82) is 0 Å². The summed E-state index contributed by atoms with van der Waals surface area (Å²) in [7, 11) is 0. The molecule has 2 heterocycles. The van der Waals surface area contributed by atoms with E-state index >= 15 is 0 Å². The topological polar surface area (TPSA) is 42.7 Å². The molecule has 2 aromatic carbocycles. The molecule has 1 aliphatic heterocycles. The van der Waals surface area contributed by atoms with Gasteiger partial charge in [-0.3, -0.25) is 4.79 Å². The second-order valence-electron chi connectivity index (χ2n) is 6.87. The van der Waals surface area contributed by atoms with Gasteiger partial charge < -0.3 is 14.1 Å². The van der Waals surface area contributed by atoms with Gasteiger partial charge in [-0.15, -0.1) is 0 Å². The van der Waals surface area contributed by atoms with Crippen LogP contribution in [0, 0.1) is 0 Å². The van der Waals surface area contributed by atoms with Crippen molar-refractivity contribution >= 4 is 5.91 Å². The molecule has 4 rings (SSSR count). The number of furan rings is 1. The summed E-state index contributed by atoms with van der Waals surface area (Å²) in [6, 6.07) is 18.0.